The largest absolute Gasteiger partial charge is 0.296 e. The maximum absolute atomic E-state index is 13.5. The lowest BCUT2D eigenvalue weighted by Gasteiger charge is -2.16. The van der Waals surface area contributed by atoms with Gasteiger partial charge in [-0.2, -0.15) is 0 Å². The Bertz CT molecular complexity index is 516. The second-order valence-electron chi connectivity index (χ2n) is 4.09. The molecule has 1 heterocycles. The van der Waals surface area contributed by atoms with E-state index in [0.29, 0.717) is 23.8 Å². The summed E-state index contributed by atoms with van der Waals surface area (Å²) in [7, 11) is 1.91. The molecule has 0 saturated heterocycles. The first kappa shape index (κ1) is 12.9. The molecule has 0 N–H and O–H groups in total. The maximum Gasteiger partial charge on any atom is 0.147 e. The van der Waals surface area contributed by atoms with Crippen molar-refractivity contribution in [1.29, 1.82) is 0 Å². The minimum atomic E-state index is -0.188. The molecule has 18 heavy (non-hydrogen) atoms. The van der Waals surface area contributed by atoms with Gasteiger partial charge in [0.1, 0.15) is 11.0 Å². The number of rotatable bonds is 4. The Morgan fingerprint density at radius 2 is 1.94 bits per heavy atom. The third-order valence-electron chi connectivity index (χ3n) is 2.50. The molecule has 0 aliphatic rings. The smallest absolute Gasteiger partial charge is 0.147 e. The number of hydrogen-bond donors (Lipinski definition) is 0. The molecular formula is C13H13ClFN3. The maximum atomic E-state index is 13.5. The quantitative estimate of drug-likeness (QED) is 0.851. The van der Waals surface area contributed by atoms with Crippen LogP contribution in [-0.2, 0) is 13.1 Å². The first-order chi connectivity index (χ1) is 8.65. The number of hydrogen-bond acceptors (Lipinski definition) is 3. The van der Waals surface area contributed by atoms with Crippen LogP contribution in [0, 0.1) is 5.82 Å². The van der Waals surface area contributed by atoms with Crippen LogP contribution in [0.2, 0.25) is 5.15 Å². The fourth-order valence-corrected chi connectivity index (χ4v) is 1.77. The van der Waals surface area contributed by atoms with Gasteiger partial charge in [0.25, 0.3) is 0 Å². The molecule has 2 rings (SSSR count). The van der Waals surface area contributed by atoms with E-state index < -0.39 is 0 Å². The van der Waals surface area contributed by atoms with Crippen LogP contribution < -0.4 is 0 Å². The SMILES string of the molecule is CN(Cc1cnc(Cl)cn1)Cc1ccccc1F. The Balaban J connectivity index is 1.99. The predicted octanol–water partition coefficient (Wildman–Crippen LogP) is 2.90. The molecule has 5 heteroatoms. The van der Waals surface area contributed by atoms with Crippen LogP contribution in [0.5, 0.6) is 0 Å². The zero-order valence-corrected chi connectivity index (χ0v) is 10.7. The zero-order valence-electron chi connectivity index (χ0n) is 9.98. The first-order valence-electron chi connectivity index (χ1n) is 5.53. The average Bonchev–Trinajstić information content (AvgIpc) is 2.35. The van der Waals surface area contributed by atoms with E-state index in [4.69, 9.17) is 11.6 Å². The van der Waals surface area contributed by atoms with Gasteiger partial charge in [0.05, 0.1) is 18.1 Å². The summed E-state index contributed by atoms with van der Waals surface area (Å²) < 4.78 is 13.5. The van der Waals surface area contributed by atoms with Gasteiger partial charge in [-0.15, -0.1) is 0 Å². The second-order valence-corrected chi connectivity index (χ2v) is 4.48. The summed E-state index contributed by atoms with van der Waals surface area (Å²) in [5.41, 5.74) is 1.47. The summed E-state index contributed by atoms with van der Waals surface area (Å²) >= 11 is 5.66. The van der Waals surface area contributed by atoms with E-state index >= 15 is 0 Å². The molecule has 0 bridgehead atoms. The lowest BCUT2D eigenvalue weighted by atomic mass is 10.2. The van der Waals surface area contributed by atoms with Crippen LogP contribution in [0.25, 0.3) is 0 Å². The van der Waals surface area contributed by atoms with Gasteiger partial charge < -0.3 is 0 Å². The van der Waals surface area contributed by atoms with Gasteiger partial charge in [0, 0.05) is 18.7 Å². The van der Waals surface area contributed by atoms with E-state index in [-0.39, 0.29) is 5.82 Å². The molecule has 0 fully saturated rings. The zero-order chi connectivity index (χ0) is 13.0. The number of nitrogens with zero attached hydrogens (tertiary/aromatic N) is 3. The van der Waals surface area contributed by atoms with Crippen molar-refractivity contribution in [1.82, 2.24) is 14.9 Å². The summed E-state index contributed by atoms with van der Waals surface area (Å²) in [6, 6.07) is 6.75. The molecule has 0 aliphatic heterocycles. The fraction of sp³-hybridized carbons (Fsp3) is 0.231. The number of benzene rings is 1. The second kappa shape index (κ2) is 5.89. The Labute approximate surface area is 110 Å². The van der Waals surface area contributed by atoms with E-state index in [1.165, 1.54) is 12.3 Å². The van der Waals surface area contributed by atoms with E-state index in [0.717, 1.165) is 5.69 Å². The normalized spacial score (nSPS) is 10.9. The van der Waals surface area contributed by atoms with Crippen molar-refractivity contribution in [3.63, 3.8) is 0 Å². The standard InChI is InChI=1S/C13H13ClFN3/c1-18(8-10-4-2-3-5-12(10)15)9-11-6-17-13(14)7-16-11/h2-7H,8-9H2,1H3. The molecule has 1 aromatic heterocycles. The summed E-state index contributed by atoms with van der Waals surface area (Å²) in [5.74, 6) is -0.188. The van der Waals surface area contributed by atoms with Gasteiger partial charge in [0.2, 0.25) is 0 Å². The van der Waals surface area contributed by atoms with Gasteiger partial charge in [-0.1, -0.05) is 29.8 Å². The Kier molecular flexibility index (Phi) is 4.23. The molecule has 0 radical (unpaired) electrons. The van der Waals surface area contributed by atoms with Crippen molar-refractivity contribution in [2.24, 2.45) is 0 Å². The van der Waals surface area contributed by atoms with Crippen LogP contribution in [0.4, 0.5) is 4.39 Å². The van der Waals surface area contributed by atoms with Gasteiger partial charge in [-0.25, -0.2) is 9.37 Å². The highest BCUT2D eigenvalue weighted by molar-refractivity contribution is 6.29. The minimum Gasteiger partial charge on any atom is -0.296 e. The number of halogens is 2. The van der Waals surface area contributed by atoms with Crippen molar-refractivity contribution in [3.8, 4) is 0 Å². The summed E-state index contributed by atoms with van der Waals surface area (Å²) in [4.78, 5) is 10.1. The molecule has 94 valence electrons. The molecular weight excluding hydrogens is 253 g/mol. The highest BCUT2D eigenvalue weighted by Crippen LogP contribution is 2.10. The topological polar surface area (TPSA) is 29.0 Å². The van der Waals surface area contributed by atoms with Crippen LogP contribution in [0.1, 0.15) is 11.3 Å². The molecule has 2 aromatic rings. The minimum absolute atomic E-state index is 0.188. The van der Waals surface area contributed by atoms with Crippen LogP contribution in [-0.4, -0.2) is 21.9 Å². The predicted molar refractivity (Wildman–Crippen MR) is 68.6 cm³/mol. The molecule has 0 amide bonds. The fourth-order valence-electron chi connectivity index (χ4n) is 1.67. The molecule has 1 aromatic carbocycles. The molecule has 0 saturated carbocycles. The van der Waals surface area contributed by atoms with Crippen molar-refractivity contribution in [2.45, 2.75) is 13.1 Å². The third kappa shape index (κ3) is 3.48. The highest BCUT2D eigenvalue weighted by Gasteiger charge is 2.06. The van der Waals surface area contributed by atoms with Gasteiger partial charge in [0.15, 0.2) is 0 Å². The van der Waals surface area contributed by atoms with Crippen molar-refractivity contribution < 1.29 is 4.39 Å². The van der Waals surface area contributed by atoms with Crippen LogP contribution in [0.15, 0.2) is 36.7 Å². The lowest BCUT2D eigenvalue weighted by molar-refractivity contribution is 0.309. The lowest BCUT2D eigenvalue weighted by Crippen LogP contribution is -2.18. The van der Waals surface area contributed by atoms with Crippen molar-refractivity contribution >= 4 is 11.6 Å². The highest BCUT2D eigenvalue weighted by atomic mass is 35.5. The van der Waals surface area contributed by atoms with Gasteiger partial charge in [-0.05, 0) is 13.1 Å². The average molecular weight is 266 g/mol. The van der Waals surface area contributed by atoms with E-state index in [2.05, 4.69) is 9.97 Å². The van der Waals surface area contributed by atoms with Crippen LogP contribution >= 0.6 is 11.6 Å². The summed E-state index contributed by atoms with van der Waals surface area (Å²) in [5, 5.41) is 0.371. The molecule has 0 unspecified atom stereocenters. The van der Waals surface area contributed by atoms with Crippen LogP contribution in [0.3, 0.4) is 0 Å². The molecule has 0 atom stereocenters. The van der Waals surface area contributed by atoms with Gasteiger partial charge in [-0.3, -0.25) is 9.88 Å². The Morgan fingerprint density at radius 1 is 1.17 bits per heavy atom. The summed E-state index contributed by atoms with van der Waals surface area (Å²) in [6.07, 6.45) is 3.13. The first-order valence-corrected chi connectivity index (χ1v) is 5.91. The van der Waals surface area contributed by atoms with Gasteiger partial charge >= 0.3 is 0 Å². The Morgan fingerprint density at radius 3 is 2.61 bits per heavy atom. The monoisotopic (exact) mass is 265 g/mol. The van der Waals surface area contributed by atoms with Crippen molar-refractivity contribution in [2.75, 3.05) is 7.05 Å². The van der Waals surface area contributed by atoms with E-state index in [9.17, 15) is 4.39 Å². The molecule has 3 nitrogen and oxygen atoms in total. The summed E-state index contributed by atoms with van der Waals surface area (Å²) in [6.45, 7) is 1.12. The Hall–Kier alpha value is -1.52. The molecule has 0 aliphatic carbocycles. The third-order valence-corrected chi connectivity index (χ3v) is 2.70. The number of aromatic nitrogens is 2. The molecule has 0 spiro atoms. The van der Waals surface area contributed by atoms with E-state index in [1.807, 2.05) is 18.0 Å². The van der Waals surface area contributed by atoms with Crippen molar-refractivity contribution in [3.05, 3.63) is 58.9 Å². The van der Waals surface area contributed by atoms with E-state index in [1.54, 1.807) is 18.3 Å².